The average Bonchev–Trinajstić information content (AvgIpc) is 2.64. The van der Waals surface area contributed by atoms with Gasteiger partial charge in [0.2, 0.25) is 0 Å². The van der Waals surface area contributed by atoms with E-state index in [2.05, 4.69) is 5.32 Å². The van der Waals surface area contributed by atoms with E-state index in [4.69, 9.17) is 5.73 Å². The van der Waals surface area contributed by atoms with Crippen LogP contribution in [0.25, 0.3) is 0 Å². The van der Waals surface area contributed by atoms with Gasteiger partial charge in [0.25, 0.3) is 11.6 Å². The number of benzene rings is 3. The van der Waals surface area contributed by atoms with Crippen LogP contribution < -0.4 is 11.1 Å². The maximum atomic E-state index is 13.8. The smallest absolute Gasteiger partial charge is 0.269 e. The van der Waals surface area contributed by atoms with Crippen LogP contribution in [0.1, 0.15) is 21.5 Å². The summed E-state index contributed by atoms with van der Waals surface area (Å²) in [6.45, 7) is 0. The fraction of sp³-hybridized carbons (Fsp3) is 0.0500. The van der Waals surface area contributed by atoms with Gasteiger partial charge in [0.15, 0.2) is 0 Å². The molecule has 0 aliphatic heterocycles. The highest BCUT2D eigenvalue weighted by Crippen LogP contribution is 2.19. The lowest BCUT2D eigenvalue weighted by molar-refractivity contribution is -0.384. The zero-order valence-electron chi connectivity index (χ0n) is 14.2. The molecule has 0 saturated carbocycles. The lowest BCUT2D eigenvalue weighted by Crippen LogP contribution is -2.13. The molecule has 0 radical (unpaired) electrons. The minimum Gasteiger partial charge on any atom is -0.399 e. The molecule has 0 fully saturated rings. The fourth-order valence-electron chi connectivity index (χ4n) is 2.62. The zero-order valence-corrected chi connectivity index (χ0v) is 14.2. The molecule has 0 unspecified atom stereocenters. The Hall–Kier alpha value is -3.74. The minimum atomic E-state index is -0.606. The van der Waals surface area contributed by atoms with Gasteiger partial charge in [-0.2, -0.15) is 0 Å². The molecule has 0 bridgehead atoms. The minimum absolute atomic E-state index is 0.0254. The lowest BCUT2D eigenvalue weighted by Gasteiger charge is -2.09. The standard InChI is InChI=1S/C20H16FN3O3/c21-18-12-16(22)6-9-19(18)23-20(25)15-3-1-2-14(11-15)10-13-4-7-17(8-5-13)24(26)27/h1-9,11-12H,10,22H2,(H,23,25). The summed E-state index contributed by atoms with van der Waals surface area (Å²) < 4.78 is 13.8. The Bertz CT molecular complexity index is 1000. The summed E-state index contributed by atoms with van der Waals surface area (Å²) in [6, 6.07) is 17.2. The first-order chi connectivity index (χ1) is 12.9. The Morgan fingerprint density at radius 2 is 1.78 bits per heavy atom. The molecular weight excluding hydrogens is 349 g/mol. The summed E-state index contributed by atoms with van der Waals surface area (Å²) in [6.07, 6.45) is 0.509. The zero-order chi connectivity index (χ0) is 19.4. The number of nitrogens with two attached hydrogens (primary N) is 1. The molecule has 7 heteroatoms. The number of anilines is 2. The van der Waals surface area contributed by atoms with Crippen LogP contribution in [0.5, 0.6) is 0 Å². The normalized spacial score (nSPS) is 10.4. The first kappa shape index (κ1) is 18.1. The van der Waals surface area contributed by atoms with Crippen LogP contribution in [0.4, 0.5) is 21.5 Å². The van der Waals surface area contributed by atoms with E-state index in [9.17, 15) is 19.3 Å². The Balaban J connectivity index is 1.74. The van der Waals surface area contributed by atoms with Crippen LogP contribution in [0.2, 0.25) is 0 Å². The number of carbonyl (C=O) groups excluding carboxylic acids is 1. The van der Waals surface area contributed by atoms with Crippen molar-refractivity contribution < 1.29 is 14.1 Å². The molecule has 0 atom stereocenters. The Morgan fingerprint density at radius 1 is 1.04 bits per heavy atom. The second-order valence-corrected chi connectivity index (χ2v) is 5.99. The molecule has 0 aliphatic rings. The summed E-state index contributed by atoms with van der Waals surface area (Å²) >= 11 is 0. The van der Waals surface area contributed by atoms with Crippen LogP contribution in [0.3, 0.4) is 0 Å². The van der Waals surface area contributed by atoms with Gasteiger partial charge in [-0.15, -0.1) is 0 Å². The highest BCUT2D eigenvalue weighted by Gasteiger charge is 2.11. The SMILES string of the molecule is Nc1ccc(NC(=O)c2cccc(Cc3ccc([N+](=O)[O-])cc3)c2)c(F)c1. The summed E-state index contributed by atoms with van der Waals surface area (Å²) in [5, 5.41) is 13.2. The third-order valence-electron chi connectivity index (χ3n) is 3.99. The number of nitrogens with one attached hydrogen (secondary N) is 1. The number of nitrogens with zero attached hydrogens (tertiary/aromatic N) is 1. The van der Waals surface area contributed by atoms with Crippen LogP contribution in [0.15, 0.2) is 66.7 Å². The lowest BCUT2D eigenvalue weighted by atomic mass is 10.0. The molecule has 0 spiro atoms. The van der Waals surface area contributed by atoms with Crippen molar-refractivity contribution in [3.05, 3.63) is 99.4 Å². The van der Waals surface area contributed by atoms with E-state index < -0.39 is 16.6 Å². The molecular formula is C20H16FN3O3. The number of non-ortho nitro benzene ring substituents is 1. The number of rotatable bonds is 5. The van der Waals surface area contributed by atoms with Gasteiger partial charge in [-0.05, 0) is 47.9 Å². The number of hydrogen-bond acceptors (Lipinski definition) is 4. The fourth-order valence-corrected chi connectivity index (χ4v) is 2.62. The number of carbonyl (C=O) groups is 1. The Morgan fingerprint density at radius 3 is 2.44 bits per heavy atom. The van der Waals surface area contributed by atoms with E-state index in [0.29, 0.717) is 12.0 Å². The number of halogens is 1. The van der Waals surface area contributed by atoms with Crippen LogP contribution >= 0.6 is 0 Å². The summed E-state index contributed by atoms with van der Waals surface area (Å²) in [5.41, 5.74) is 7.96. The highest BCUT2D eigenvalue weighted by atomic mass is 19.1. The van der Waals surface area contributed by atoms with Crippen molar-refractivity contribution in [3.63, 3.8) is 0 Å². The van der Waals surface area contributed by atoms with E-state index in [1.54, 1.807) is 30.3 Å². The average molecular weight is 365 g/mol. The van der Waals surface area contributed by atoms with Gasteiger partial charge in [-0.1, -0.05) is 24.3 Å². The molecule has 3 N–H and O–H groups in total. The van der Waals surface area contributed by atoms with Crippen molar-refractivity contribution in [3.8, 4) is 0 Å². The van der Waals surface area contributed by atoms with Crippen LogP contribution in [-0.4, -0.2) is 10.8 Å². The van der Waals surface area contributed by atoms with E-state index >= 15 is 0 Å². The Labute approximate surface area is 154 Å². The maximum Gasteiger partial charge on any atom is 0.269 e. The van der Waals surface area contributed by atoms with Crippen molar-refractivity contribution in [2.75, 3.05) is 11.1 Å². The molecule has 6 nitrogen and oxygen atoms in total. The van der Waals surface area contributed by atoms with Gasteiger partial charge in [-0.25, -0.2) is 4.39 Å². The highest BCUT2D eigenvalue weighted by molar-refractivity contribution is 6.04. The topological polar surface area (TPSA) is 98.3 Å². The van der Waals surface area contributed by atoms with Gasteiger partial charge < -0.3 is 11.1 Å². The second kappa shape index (κ2) is 7.65. The molecule has 136 valence electrons. The van der Waals surface area contributed by atoms with Gasteiger partial charge in [-0.3, -0.25) is 14.9 Å². The van der Waals surface area contributed by atoms with E-state index in [-0.39, 0.29) is 17.1 Å². The van der Waals surface area contributed by atoms with Crippen molar-refractivity contribution in [2.24, 2.45) is 0 Å². The molecule has 0 aromatic heterocycles. The van der Waals surface area contributed by atoms with Gasteiger partial charge in [0.1, 0.15) is 5.82 Å². The summed E-state index contributed by atoms with van der Waals surface area (Å²) in [5.74, 6) is -1.05. The predicted molar refractivity (Wildman–Crippen MR) is 101 cm³/mol. The van der Waals surface area contributed by atoms with Crippen molar-refractivity contribution >= 4 is 23.0 Å². The third kappa shape index (κ3) is 4.46. The first-order valence-electron chi connectivity index (χ1n) is 8.11. The van der Waals surface area contributed by atoms with Gasteiger partial charge >= 0.3 is 0 Å². The maximum absolute atomic E-state index is 13.8. The molecule has 3 rings (SSSR count). The van der Waals surface area contributed by atoms with Crippen LogP contribution in [-0.2, 0) is 6.42 Å². The van der Waals surface area contributed by atoms with E-state index in [0.717, 1.165) is 17.2 Å². The van der Waals surface area contributed by atoms with Crippen molar-refractivity contribution in [1.29, 1.82) is 0 Å². The van der Waals surface area contributed by atoms with Gasteiger partial charge in [0.05, 0.1) is 10.6 Å². The molecule has 0 aliphatic carbocycles. The third-order valence-corrected chi connectivity index (χ3v) is 3.99. The number of nitro groups is 1. The summed E-state index contributed by atoms with van der Waals surface area (Å²) in [4.78, 5) is 22.6. The molecule has 3 aromatic carbocycles. The summed E-state index contributed by atoms with van der Waals surface area (Å²) in [7, 11) is 0. The van der Waals surface area contributed by atoms with Crippen LogP contribution in [0, 0.1) is 15.9 Å². The first-order valence-corrected chi connectivity index (χ1v) is 8.11. The van der Waals surface area contributed by atoms with Crippen molar-refractivity contribution in [1.82, 2.24) is 0 Å². The number of hydrogen-bond donors (Lipinski definition) is 2. The molecule has 1 amide bonds. The Kier molecular flexibility index (Phi) is 5.12. The van der Waals surface area contributed by atoms with E-state index in [1.807, 2.05) is 6.07 Å². The second-order valence-electron chi connectivity index (χ2n) is 5.99. The predicted octanol–water partition coefficient (Wildman–Crippen LogP) is 4.16. The quantitative estimate of drug-likeness (QED) is 0.403. The monoisotopic (exact) mass is 365 g/mol. The number of nitrogen functional groups attached to an aromatic ring is 1. The number of amides is 1. The largest absolute Gasteiger partial charge is 0.399 e. The number of nitro benzene ring substituents is 1. The molecule has 0 saturated heterocycles. The van der Waals surface area contributed by atoms with E-state index in [1.165, 1.54) is 24.3 Å². The molecule has 3 aromatic rings. The molecule has 0 heterocycles. The van der Waals surface area contributed by atoms with Crippen molar-refractivity contribution in [2.45, 2.75) is 6.42 Å². The molecule has 27 heavy (non-hydrogen) atoms. The van der Waals surface area contributed by atoms with Gasteiger partial charge in [0, 0.05) is 23.4 Å².